The molecule has 94 valence electrons. The Hall–Kier alpha value is -2.10. The average Bonchev–Trinajstić information content (AvgIpc) is 2.77. The van der Waals surface area contributed by atoms with Gasteiger partial charge in [-0.25, -0.2) is 4.79 Å². The average molecular weight is 245 g/mol. The number of nitrogens with zero attached hydrogens (tertiary/aromatic N) is 1. The molecule has 0 spiro atoms. The Labute approximate surface area is 106 Å². The molecular weight excluding hydrogens is 230 g/mol. The molecule has 0 saturated carbocycles. The van der Waals surface area contributed by atoms with Crippen molar-refractivity contribution in [3.8, 4) is 0 Å². The normalized spacial score (nSPS) is 17.2. The van der Waals surface area contributed by atoms with E-state index in [4.69, 9.17) is 4.74 Å². The van der Waals surface area contributed by atoms with Crippen molar-refractivity contribution in [2.75, 3.05) is 11.5 Å². The Morgan fingerprint density at radius 1 is 1.50 bits per heavy atom. The number of para-hydroxylation sites is 1. The molecule has 1 amide bonds. The van der Waals surface area contributed by atoms with Gasteiger partial charge in [0.1, 0.15) is 6.04 Å². The Morgan fingerprint density at radius 2 is 2.22 bits per heavy atom. The first-order valence-electron chi connectivity index (χ1n) is 5.89. The second-order valence-corrected chi connectivity index (χ2v) is 4.01. The zero-order valence-corrected chi connectivity index (χ0v) is 10.3. The summed E-state index contributed by atoms with van der Waals surface area (Å²) in [7, 11) is 0. The number of carbonyl (C=O) groups excluding carboxylic acids is 2. The quantitative estimate of drug-likeness (QED) is 0.601. The summed E-state index contributed by atoms with van der Waals surface area (Å²) in [6.07, 6.45) is 1.71. The number of carbonyl (C=O) groups is 2. The van der Waals surface area contributed by atoms with Gasteiger partial charge in [0.2, 0.25) is 0 Å². The zero-order chi connectivity index (χ0) is 13.1. The van der Waals surface area contributed by atoms with Crippen molar-refractivity contribution in [2.45, 2.75) is 19.4 Å². The fraction of sp³-hybridized carbons (Fsp3) is 0.286. The van der Waals surface area contributed by atoms with Crippen LogP contribution in [0, 0.1) is 0 Å². The molecule has 18 heavy (non-hydrogen) atoms. The van der Waals surface area contributed by atoms with E-state index in [0.29, 0.717) is 13.0 Å². The second-order valence-electron chi connectivity index (χ2n) is 4.01. The maximum atomic E-state index is 11.9. The van der Waals surface area contributed by atoms with Crippen LogP contribution in [0.5, 0.6) is 0 Å². The van der Waals surface area contributed by atoms with E-state index >= 15 is 0 Å². The highest BCUT2D eigenvalue weighted by Crippen LogP contribution is 2.32. The summed E-state index contributed by atoms with van der Waals surface area (Å²) in [5, 5.41) is 0. The van der Waals surface area contributed by atoms with Crippen molar-refractivity contribution in [2.24, 2.45) is 0 Å². The summed E-state index contributed by atoms with van der Waals surface area (Å²) < 4.78 is 5.01. The summed E-state index contributed by atoms with van der Waals surface area (Å²) in [5.74, 6) is -0.651. The van der Waals surface area contributed by atoms with Gasteiger partial charge in [-0.2, -0.15) is 0 Å². The first-order valence-corrected chi connectivity index (χ1v) is 5.89. The smallest absolute Gasteiger partial charge is 0.329 e. The molecule has 1 aliphatic rings. The SMILES string of the molecule is C=CC(=O)N1c2ccccc2C[C@H]1C(=O)OCC. The number of benzene rings is 1. The van der Waals surface area contributed by atoms with Gasteiger partial charge >= 0.3 is 5.97 Å². The van der Waals surface area contributed by atoms with Gasteiger partial charge in [-0.15, -0.1) is 0 Å². The van der Waals surface area contributed by atoms with Crippen LogP contribution in [0.25, 0.3) is 0 Å². The summed E-state index contributed by atoms with van der Waals surface area (Å²) in [4.78, 5) is 25.2. The Morgan fingerprint density at radius 3 is 2.89 bits per heavy atom. The molecule has 0 aromatic heterocycles. The number of esters is 1. The van der Waals surface area contributed by atoms with Crippen LogP contribution in [-0.2, 0) is 20.7 Å². The molecule has 1 aromatic rings. The Bertz CT molecular complexity index is 496. The Kier molecular flexibility index (Phi) is 3.46. The molecule has 1 atom stereocenters. The van der Waals surface area contributed by atoms with Crippen LogP contribution in [0.15, 0.2) is 36.9 Å². The topological polar surface area (TPSA) is 46.6 Å². The lowest BCUT2D eigenvalue weighted by molar-refractivity contribution is -0.145. The van der Waals surface area contributed by atoms with Crippen LogP contribution in [0.3, 0.4) is 0 Å². The molecule has 0 fully saturated rings. The fourth-order valence-corrected chi connectivity index (χ4v) is 2.18. The lowest BCUT2D eigenvalue weighted by Gasteiger charge is -2.22. The first kappa shape index (κ1) is 12.4. The van der Waals surface area contributed by atoms with E-state index in [0.717, 1.165) is 11.3 Å². The van der Waals surface area contributed by atoms with E-state index in [2.05, 4.69) is 6.58 Å². The van der Waals surface area contributed by atoms with Gasteiger partial charge in [-0.3, -0.25) is 9.69 Å². The summed E-state index contributed by atoms with van der Waals surface area (Å²) in [6, 6.07) is 6.90. The fourth-order valence-electron chi connectivity index (χ4n) is 2.18. The molecule has 0 bridgehead atoms. The van der Waals surface area contributed by atoms with Crippen LogP contribution in [0.2, 0.25) is 0 Å². The van der Waals surface area contributed by atoms with Crippen LogP contribution >= 0.6 is 0 Å². The van der Waals surface area contributed by atoms with E-state index in [9.17, 15) is 9.59 Å². The minimum Gasteiger partial charge on any atom is -0.464 e. The maximum Gasteiger partial charge on any atom is 0.329 e. The van der Waals surface area contributed by atoms with Crippen molar-refractivity contribution >= 4 is 17.6 Å². The monoisotopic (exact) mass is 245 g/mol. The molecule has 4 nitrogen and oxygen atoms in total. The zero-order valence-electron chi connectivity index (χ0n) is 10.3. The Balaban J connectivity index is 2.36. The van der Waals surface area contributed by atoms with E-state index in [-0.39, 0.29) is 11.9 Å². The van der Waals surface area contributed by atoms with Gasteiger partial charge in [0.15, 0.2) is 0 Å². The van der Waals surface area contributed by atoms with Crippen LogP contribution in [0.1, 0.15) is 12.5 Å². The second kappa shape index (κ2) is 5.04. The van der Waals surface area contributed by atoms with Crippen molar-refractivity contribution in [3.05, 3.63) is 42.5 Å². The first-order chi connectivity index (χ1) is 8.69. The predicted octanol–water partition coefficient (Wildman–Crippen LogP) is 1.69. The minimum atomic E-state index is -0.576. The molecule has 1 heterocycles. The molecule has 0 N–H and O–H groups in total. The summed E-state index contributed by atoms with van der Waals surface area (Å²) in [5.41, 5.74) is 1.74. The molecule has 0 radical (unpaired) electrons. The number of hydrogen-bond donors (Lipinski definition) is 0. The third-order valence-corrected chi connectivity index (χ3v) is 2.95. The number of fused-ring (bicyclic) bond motifs is 1. The van der Waals surface area contributed by atoms with Gasteiger partial charge in [0.25, 0.3) is 5.91 Å². The minimum absolute atomic E-state index is 0.280. The molecular formula is C14H15NO3. The highest BCUT2D eigenvalue weighted by atomic mass is 16.5. The highest BCUT2D eigenvalue weighted by molar-refractivity contribution is 6.07. The van der Waals surface area contributed by atoms with Gasteiger partial charge < -0.3 is 4.74 Å². The maximum absolute atomic E-state index is 11.9. The van der Waals surface area contributed by atoms with Gasteiger partial charge in [-0.1, -0.05) is 24.8 Å². The predicted molar refractivity (Wildman–Crippen MR) is 68.3 cm³/mol. The molecule has 1 aromatic carbocycles. The van der Waals surface area contributed by atoms with E-state index < -0.39 is 6.04 Å². The molecule has 4 heteroatoms. The van der Waals surface area contributed by atoms with Crippen molar-refractivity contribution in [3.63, 3.8) is 0 Å². The molecule has 1 aliphatic heterocycles. The van der Waals surface area contributed by atoms with Crippen LogP contribution in [0.4, 0.5) is 5.69 Å². The number of ether oxygens (including phenoxy) is 1. The third-order valence-electron chi connectivity index (χ3n) is 2.95. The number of hydrogen-bond acceptors (Lipinski definition) is 3. The largest absolute Gasteiger partial charge is 0.464 e. The lowest BCUT2D eigenvalue weighted by Crippen LogP contribution is -2.43. The molecule has 0 saturated heterocycles. The number of rotatable bonds is 3. The van der Waals surface area contributed by atoms with Crippen molar-refractivity contribution in [1.82, 2.24) is 0 Å². The van der Waals surface area contributed by atoms with E-state index in [1.165, 1.54) is 11.0 Å². The van der Waals surface area contributed by atoms with Gasteiger partial charge in [0, 0.05) is 12.1 Å². The third kappa shape index (κ3) is 2.01. The number of amides is 1. The number of anilines is 1. The van der Waals surface area contributed by atoms with Crippen molar-refractivity contribution in [1.29, 1.82) is 0 Å². The summed E-state index contributed by atoms with van der Waals surface area (Å²) >= 11 is 0. The van der Waals surface area contributed by atoms with Gasteiger partial charge in [0.05, 0.1) is 6.61 Å². The standard InChI is InChI=1S/C14H15NO3/c1-3-13(16)15-11-8-6-5-7-10(11)9-12(15)14(17)18-4-2/h3,5-8,12H,1,4,9H2,2H3/t12-/m0/s1. The highest BCUT2D eigenvalue weighted by Gasteiger charge is 2.38. The van der Waals surface area contributed by atoms with Crippen molar-refractivity contribution < 1.29 is 14.3 Å². The van der Waals surface area contributed by atoms with Crippen LogP contribution < -0.4 is 4.90 Å². The molecule has 0 unspecified atom stereocenters. The van der Waals surface area contributed by atoms with Crippen LogP contribution in [-0.4, -0.2) is 24.5 Å². The summed E-state index contributed by atoms with van der Waals surface area (Å²) in [6.45, 7) is 5.53. The molecule has 2 rings (SSSR count). The van der Waals surface area contributed by atoms with E-state index in [1.807, 2.05) is 24.3 Å². The van der Waals surface area contributed by atoms with E-state index in [1.54, 1.807) is 6.92 Å². The lowest BCUT2D eigenvalue weighted by atomic mass is 10.1. The molecule has 0 aliphatic carbocycles. The van der Waals surface area contributed by atoms with Gasteiger partial charge in [-0.05, 0) is 24.6 Å².